The number of carbonyl (C=O) groups excluding carboxylic acids is 3. The van der Waals surface area contributed by atoms with Gasteiger partial charge in [-0.05, 0) is 31.5 Å². The van der Waals surface area contributed by atoms with Gasteiger partial charge >= 0.3 is 11.9 Å². The van der Waals surface area contributed by atoms with E-state index in [9.17, 15) is 14.4 Å². The molecule has 1 atom stereocenters. The lowest BCUT2D eigenvalue weighted by Gasteiger charge is -2.36. The largest absolute Gasteiger partial charge is 0.466 e. The minimum absolute atomic E-state index is 0.190. The summed E-state index contributed by atoms with van der Waals surface area (Å²) in [6, 6.07) is 7.03. The van der Waals surface area contributed by atoms with Crippen LogP contribution in [0.5, 0.6) is 0 Å². The molecule has 0 spiro atoms. The van der Waals surface area contributed by atoms with E-state index in [1.807, 2.05) is 6.07 Å². The highest BCUT2D eigenvalue weighted by molar-refractivity contribution is 8.03. The van der Waals surface area contributed by atoms with Gasteiger partial charge in [-0.25, -0.2) is 9.59 Å². The first-order valence-electron chi connectivity index (χ1n) is 9.36. The lowest BCUT2D eigenvalue weighted by Crippen LogP contribution is -2.33. The number of benzene rings is 1. The van der Waals surface area contributed by atoms with Crippen LogP contribution in [0.2, 0.25) is 5.02 Å². The molecular weight excluding hydrogens is 428 g/mol. The third-order valence-corrected chi connectivity index (χ3v) is 6.07. The molecule has 30 heavy (non-hydrogen) atoms. The zero-order chi connectivity index (χ0) is 22.3. The van der Waals surface area contributed by atoms with E-state index in [2.05, 4.69) is 5.32 Å². The van der Waals surface area contributed by atoms with E-state index < -0.39 is 17.9 Å². The highest BCUT2D eigenvalue weighted by Gasteiger charge is 2.41. The average molecular weight is 453 g/mol. The van der Waals surface area contributed by atoms with Crippen LogP contribution < -0.4 is 5.32 Å². The Labute approximate surface area is 185 Å². The number of hydrogen-bond acceptors (Lipinski definition) is 7. The highest BCUT2D eigenvalue weighted by Crippen LogP contribution is 2.45. The highest BCUT2D eigenvalue weighted by atomic mass is 35.5. The van der Waals surface area contributed by atoms with E-state index in [0.717, 1.165) is 0 Å². The number of rotatable bonds is 9. The zero-order valence-electron chi connectivity index (χ0n) is 17.4. The molecule has 0 fully saturated rings. The van der Waals surface area contributed by atoms with Crippen LogP contribution in [0.25, 0.3) is 0 Å². The predicted octanol–water partition coefficient (Wildman–Crippen LogP) is 3.07. The second kappa shape index (κ2) is 11.1. The molecule has 1 amide bonds. The third-order valence-electron chi connectivity index (χ3n) is 4.66. The van der Waals surface area contributed by atoms with E-state index in [4.69, 9.17) is 21.1 Å². The van der Waals surface area contributed by atoms with Crippen molar-refractivity contribution in [1.82, 2.24) is 10.2 Å². The molecule has 162 valence electrons. The monoisotopic (exact) mass is 452 g/mol. The number of halogens is 1. The quantitative estimate of drug-likeness (QED) is 0.350. The maximum Gasteiger partial charge on any atom is 0.337 e. The molecule has 1 aromatic rings. The maximum absolute atomic E-state index is 13.1. The van der Waals surface area contributed by atoms with Gasteiger partial charge < -0.3 is 19.7 Å². The van der Waals surface area contributed by atoms with Crippen LogP contribution in [0.15, 0.2) is 46.1 Å². The van der Waals surface area contributed by atoms with Gasteiger partial charge in [0.1, 0.15) is 0 Å². The van der Waals surface area contributed by atoms with Gasteiger partial charge in [-0.15, -0.1) is 11.8 Å². The van der Waals surface area contributed by atoms with Gasteiger partial charge in [-0.3, -0.25) is 4.79 Å². The summed E-state index contributed by atoms with van der Waals surface area (Å²) in [4.78, 5) is 38.2. The number of ether oxygens (including phenoxy) is 2. The van der Waals surface area contributed by atoms with Gasteiger partial charge in [-0.2, -0.15) is 0 Å². The Morgan fingerprint density at radius 3 is 2.63 bits per heavy atom. The molecule has 0 radical (unpaired) electrons. The van der Waals surface area contributed by atoms with Crippen LogP contribution >= 0.6 is 23.4 Å². The topological polar surface area (TPSA) is 84.9 Å². The first kappa shape index (κ1) is 23.8. The fraction of sp³-hybridized carbons (Fsp3) is 0.381. The van der Waals surface area contributed by atoms with Crippen molar-refractivity contribution in [2.75, 3.05) is 33.1 Å². The first-order chi connectivity index (χ1) is 14.4. The smallest absolute Gasteiger partial charge is 0.337 e. The number of esters is 2. The molecular formula is C21H25ClN2O5S. The van der Waals surface area contributed by atoms with Crippen LogP contribution in [-0.2, 0) is 23.9 Å². The van der Waals surface area contributed by atoms with Gasteiger partial charge in [0.2, 0.25) is 6.41 Å². The van der Waals surface area contributed by atoms with Crippen molar-refractivity contribution in [2.24, 2.45) is 0 Å². The standard InChI is InChI=1S/C21H25ClN2O5S/c1-5-29-21(27)18-17(14-7-6-8-15(22)11-14)16(20(26)28-4)13(2)24(3)19(18)30-10-9-23-12-25/h6-8,11-12,17H,5,9-10H2,1-4H3,(H,23,25). The summed E-state index contributed by atoms with van der Waals surface area (Å²) in [5.74, 6) is -1.22. The SMILES string of the molecule is CCOC(=O)C1=C(SCCNC=O)N(C)C(C)=C(C(=O)OC)C1c1cccc(Cl)c1. The number of thioether (sulfide) groups is 1. The molecule has 2 rings (SSSR count). The van der Waals surface area contributed by atoms with Crippen molar-refractivity contribution in [2.45, 2.75) is 19.8 Å². The molecule has 7 nitrogen and oxygen atoms in total. The zero-order valence-corrected chi connectivity index (χ0v) is 18.9. The van der Waals surface area contributed by atoms with Crippen molar-refractivity contribution < 1.29 is 23.9 Å². The lowest BCUT2D eigenvalue weighted by molar-refractivity contribution is -0.139. The van der Waals surface area contributed by atoms with Gasteiger partial charge in [0.15, 0.2) is 0 Å². The lowest BCUT2D eigenvalue weighted by atomic mass is 9.81. The molecule has 1 aliphatic heterocycles. The van der Waals surface area contributed by atoms with E-state index in [0.29, 0.717) is 51.2 Å². The minimum Gasteiger partial charge on any atom is -0.466 e. The Balaban J connectivity index is 2.70. The Hall–Kier alpha value is -2.45. The fourth-order valence-corrected chi connectivity index (χ4v) is 4.54. The molecule has 1 unspecified atom stereocenters. The second-order valence-corrected chi connectivity index (χ2v) is 7.92. The molecule has 0 saturated heterocycles. The van der Waals surface area contributed by atoms with Crippen LogP contribution in [0.4, 0.5) is 0 Å². The summed E-state index contributed by atoms with van der Waals surface area (Å²) < 4.78 is 10.4. The predicted molar refractivity (Wildman–Crippen MR) is 117 cm³/mol. The number of nitrogens with one attached hydrogen (secondary N) is 1. The Morgan fingerprint density at radius 1 is 1.30 bits per heavy atom. The van der Waals surface area contributed by atoms with Gasteiger partial charge in [0.05, 0.1) is 35.8 Å². The van der Waals surface area contributed by atoms with Crippen molar-refractivity contribution in [1.29, 1.82) is 0 Å². The molecule has 0 bridgehead atoms. The molecule has 0 saturated carbocycles. The van der Waals surface area contributed by atoms with Gasteiger partial charge in [0.25, 0.3) is 0 Å². The van der Waals surface area contributed by atoms with Crippen LogP contribution in [-0.4, -0.2) is 56.3 Å². The summed E-state index contributed by atoms with van der Waals surface area (Å²) in [6.07, 6.45) is 0.626. The molecule has 1 heterocycles. The second-order valence-electron chi connectivity index (χ2n) is 6.40. The van der Waals surface area contributed by atoms with E-state index in [-0.39, 0.29) is 6.61 Å². The first-order valence-corrected chi connectivity index (χ1v) is 10.7. The van der Waals surface area contributed by atoms with Crippen molar-refractivity contribution >= 4 is 41.7 Å². The van der Waals surface area contributed by atoms with Crippen LogP contribution in [0, 0.1) is 0 Å². The van der Waals surface area contributed by atoms with E-state index in [1.165, 1.54) is 18.9 Å². The Bertz CT molecular complexity index is 884. The summed E-state index contributed by atoms with van der Waals surface area (Å²) >= 11 is 7.61. The average Bonchev–Trinajstić information content (AvgIpc) is 2.73. The van der Waals surface area contributed by atoms with Gasteiger partial charge in [-0.1, -0.05) is 23.7 Å². The van der Waals surface area contributed by atoms with Crippen molar-refractivity contribution in [3.8, 4) is 0 Å². The van der Waals surface area contributed by atoms with E-state index >= 15 is 0 Å². The van der Waals surface area contributed by atoms with Crippen molar-refractivity contribution in [3.63, 3.8) is 0 Å². The molecule has 1 aromatic carbocycles. The Kier molecular flexibility index (Phi) is 8.80. The summed E-state index contributed by atoms with van der Waals surface area (Å²) in [5, 5.41) is 3.74. The molecule has 0 aliphatic carbocycles. The Morgan fingerprint density at radius 2 is 2.03 bits per heavy atom. The molecule has 9 heteroatoms. The number of methoxy groups -OCH3 is 1. The fourth-order valence-electron chi connectivity index (χ4n) is 3.24. The van der Waals surface area contributed by atoms with Crippen LogP contribution in [0.1, 0.15) is 25.3 Å². The summed E-state index contributed by atoms with van der Waals surface area (Å²) in [5.41, 5.74) is 2.03. The number of amides is 1. The summed E-state index contributed by atoms with van der Waals surface area (Å²) in [6.45, 7) is 4.14. The molecule has 0 aromatic heterocycles. The maximum atomic E-state index is 13.1. The summed E-state index contributed by atoms with van der Waals surface area (Å²) in [7, 11) is 3.09. The minimum atomic E-state index is -0.701. The number of allylic oxidation sites excluding steroid dienone is 1. The van der Waals surface area contributed by atoms with E-state index in [1.54, 1.807) is 44.0 Å². The normalized spacial score (nSPS) is 16.4. The number of nitrogens with zero attached hydrogens (tertiary/aromatic N) is 1. The van der Waals surface area contributed by atoms with Gasteiger partial charge in [0, 0.05) is 30.1 Å². The molecule has 1 N–H and O–H groups in total. The number of hydrogen-bond donors (Lipinski definition) is 1. The number of carbonyl (C=O) groups is 3. The van der Waals surface area contributed by atoms with Crippen LogP contribution in [0.3, 0.4) is 0 Å². The molecule has 1 aliphatic rings. The van der Waals surface area contributed by atoms with Crippen molar-refractivity contribution in [3.05, 3.63) is 56.7 Å². The third kappa shape index (κ3) is 5.17.